The number of carbonyl (C=O) groups is 1. The minimum absolute atomic E-state index is 0.150. The number of urea groups is 1. The fraction of sp³-hybridized carbons (Fsp3) is 0.154. The number of hydrogen-bond acceptors (Lipinski definition) is 4. The van der Waals surface area contributed by atoms with Crippen molar-refractivity contribution in [2.45, 2.75) is 6.54 Å². The zero-order valence-corrected chi connectivity index (χ0v) is 12.3. The molecule has 6 nitrogen and oxygen atoms in total. The average molecular weight is 334 g/mol. The largest absolute Gasteiger partial charge is 0.368 e. The van der Waals surface area contributed by atoms with E-state index in [-0.39, 0.29) is 12.0 Å². The number of aromatic nitrogens is 2. The minimum atomic E-state index is -0.150. The van der Waals surface area contributed by atoms with Crippen LogP contribution in [0.3, 0.4) is 0 Å². The average Bonchev–Trinajstić information content (AvgIpc) is 2.44. The zero-order valence-electron chi connectivity index (χ0n) is 10.7. The summed E-state index contributed by atoms with van der Waals surface area (Å²) in [7, 11) is 1.68. The normalized spacial score (nSPS) is 14.4. The molecule has 1 aromatic heterocycles. The van der Waals surface area contributed by atoms with Gasteiger partial charge in [-0.05, 0) is 28.1 Å². The molecule has 0 bridgehead atoms. The molecule has 1 aromatic carbocycles. The summed E-state index contributed by atoms with van der Waals surface area (Å²) >= 11 is 3.47. The lowest BCUT2D eigenvalue weighted by atomic mass is 10.2. The molecule has 0 aliphatic carbocycles. The Balaban J connectivity index is 2.07. The van der Waals surface area contributed by atoms with Gasteiger partial charge in [0.15, 0.2) is 0 Å². The Morgan fingerprint density at radius 3 is 2.85 bits per heavy atom. The van der Waals surface area contributed by atoms with E-state index in [4.69, 9.17) is 5.73 Å². The van der Waals surface area contributed by atoms with Crippen LogP contribution >= 0.6 is 15.9 Å². The number of amides is 2. The van der Waals surface area contributed by atoms with Crippen LogP contribution < -0.4 is 15.5 Å². The van der Waals surface area contributed by atoms with Gasteiger partial charge < -0.3 is 5.73 Å². The number of anilines is 3. The Bertz CT molecular complexity index is 690. The van der Waals surface area contributed by atoms with Crippen LogP contribution in [0.4, 0.5) is 22.2 Å². The summed E-state index contributed by atoms with van der Waals surface area (Å²) in [6, 6.07) is 7.44. The first-order chi connectivity index (χ1) is 9.58. The second-order valence-electron chi connectivity index (χ2n) is 4.46. The van der Waals surface area contributed by atoms with Gasteiger partial charge in [0.1, 0.15) is 5.82 Å². The first-order valence-electron chi connectivity index (χ1n) is 5.99. The predicted octanol–water partition coefficient (Wildman–Crippen LogP) is 2.40. The molecule has 2 amide bonds. The Morgan fingerprint density at radius 2 is 2.10 bits per heavy atom. The lowest BCUT2D eigenvalue weighted by Gasteiger charge is -2.34. The summed E-state index contributed by atoms with van der Waals surface area (Å²) in [6.07, 6.45) is 1.66. The highest BCUT2D eigenvalue weighted by molar-refractivity contribution is 9.10. The molecule has 0 spiro atoms. The lowest BCUT2D eigenvalue weighted by Crippen LogP contribution is -2.46. The van der Waals surface area contributed by atoms with E-state index in [2.05, 4.69) is 25.9 Å². The number of halogens is 1. The number of benzene rings is 1. The minimum Gasteiger partial charge on any atom is -0.368 e. The Morgan fingerprint density at radius 1 is 1.35 bits per heavy atom. The van der Waals surface area contributed by atoms with E-state index in [9.17, 15) is 4.79 Å². The first kappa shape index (κ1) is 12.9. The highest BCUT2D eigenvalue weighted by atomic mass is 79.9. The molecule has 0 saturated carbocycles. The van der Waals surface area contributed by atoms with Gasteiger partial charge in [-0.2, -0.15) is 4.98 Å². The molecule has 2 heterocycles. The molecule has 0 fully saturated rings. The van der Waals surface area contributed by atoms with Crippen LogP contribution in [0.25, 0.3) is 0 Å². The molecule has 2 N–H and O–H groups in total. The molecule has 7 heteroatoms. The molecule has 0 atom stereocenters. The van der Waals surface area contributed by atoms with E-state index in [0.717, 1.165) is 15.7 Å². The van der Waals surface area contributed by atoms with Crippen molar-refractivity contribution in [3.8, 4) is 0 Å². The summed E-state index contributed by atoms with van der Waals surface area (Å²) in [5.41, 5.74) is 7.25. The quantitative estimate of drug-likeness (QED) is 0.869. The smallest absolute Gasteiger partial charge is 0.330 e. The van der Waals surface area contributed by atoms with E-state index in [1.165, 1.54) is 4.90 Å². The summed E-state index contributed by atoms with van der Waals surface area (Å²) in [5, 5.41) is 0. The summed E-state index contributed by atoms with van der Waals surface area (Å²) in [6.45, 7) is 0.418. The van der Waals surface area contributed by atoms with Crippen molar-refractivity contribution in [1.82, 2.24) is 9.97 Å². The van der Waals surface area contributed by atoms with Crippen LogP contribution in [0, 0.1) is 0 Å². The van der Waals surface area contributed by atoms with Crippen LogP contribution in [0.1, 0.15) is 5.56 Å². The van der Waals surface area contributed by atoms with Crippen molar-refractivity contribution in [2.75, 3.05) is 22.6 Å². The van der Waals surface area contributed by atoms with Gasteiger partial charge in [-0.15, -0.1) is 0 Å². The standard InChI is InChI=1S/C13H12BrN5O/c1-18-11-8(6-16-12(15)17-11)7-19(13(18)20)10-5-3-2-4-9(10)14/h2-6H,7H2,1H3,(H2,15,16,17). The number of para-hydroxylation sites is 1. The Labute approximate surface area is 124 Å². The van der Waals surface area contributed by atoms with Gasteiger partial charge >= 0.3 is 6.03 Å². The molecule has 2 aromatic rings. The van der Waals surface area contributed by atoms with Gasteiger partial charge in [0, 0.05) is 23.3 Å². The van der Waals surface area contributed by atoms with E-state index in [0.29, 0.717) is 12.4 Å². The number of nitrogen functional groups attached to an aromatic ring is 1. The van der Waals surface area contributed by atoms with E-state index in [1.807, 2.05) is 24.3 Å². The molecular weight excluding hydrogens is 322 g/mol. The fourth-order valence-electron chi connectivity index (χ4n) is 2.18. The van der Waals surface area contributed by atoms with Crippen LogP contribution in [0.5, 0.6) is 0 Å². The molecular formula is C13H12BrN5O. The third kappa shape index (κ3) is 2.00. The third-order valence-electron chi connectivity index (χ3n) is 3.17. The molecule has 0 saturated heterocycles. The highest BCUT2D eigenvalue weighted by Gasteiger charge is 2.31. The Kier molecular flexibility index (Phi) is 3.06. The summed E-state index contributed by atoms with van der Waals surface area (Å²) in [4.78, 5) is 23.8. The first-order valence-corrected chi connectivity index (χ1v) is 6.78. The predicted molar refractivity (Wildman–Crippen MR) is 80.6 cm³/mol. The van der Waals surface area contributed by atoms with Gasteiger partial charge in [0.25, 0.3) is 0 Å². The van der Waals surface area contributed by atoms with Gasteiger partial charge in [0.2, 0.25) is 5.95 Å². The Hall–Kier alpha value is -2.15. The number of rotatable bonds is 1. The molecule has 20 heavy (non-hydrogen) atoms. The number of fused-ring (bicyclic) bond motifs is 1. The maximum absolute atomic E-state index is 12.5. The van der Waals surface area contributed by atoms with Crippen molar-refractivity contribution >= 4 is 39.4 Å². The van der Waals surface area contributed by atoms with E-state index < -0.39 is 0 Å². The van der Waals surface area contributed by atoms with Crippen LogP contribution in [-0.4, -0.2) is 23.0 Å². The monoisotopic (exact) mass is 333 g/mol. The molecule has 0 unspecified atom stereocenters. The van der Waals surface area contributed by atoms with Gasteiger partial charge in [-0.25, -0.2) is 9.78 Å². The molecule has 1 aliphatic heterocycles. The van der Waals surface area contributed by atoms with E-state index >= 15 is 0 Å². The van der Waals surface area contributed by atoms with Gasteiger partial charge in [0.05, 0.1) is 12.2 Å². The molecule has 3 rings (SSSR count). The second-order valence-corrected chi connectivity index (χ2v) is 5.31. The van der Waals surface area contributed by atoms with Crippen molar-refractivity contribution in [3.05, 3.63) is 40.5 Å². The van der Waals surface area contributed by atoms with Crippen molar-refractivity contribution < 1.29 is 4.79 Å². The van der Waals surface area contributed by atoms with Crippen LogP contribution in [0.2, 0.25) is 0 Å². The van der Waals surface area contributed by atoms with Crippen molar-refractivity contribution in [2.24, 2.45) is 0 Å². The van der Waals surface area contributed by atoms with Gasteiger partial charge in [-0.1, -0.05) is 12.1 Å². The molecule has 102 valence electrons. The summed E-state index contributed by atoms with van der Waals surface area (Å²) < 4.78 is 0.863. The van der Waals surface area contributed by atoms with Crippen molar-refractivity contribution in [1.29, 1.82) is 0 Å². The zero-order chi connectivity index (χ0) is 14.3. The maximum atomic E-state index is 12.5. The van der Waals surface area contributed by atoms with E-state index in [1.54, 1.807) is 18.1 Å². The maximum Gasteiger partial charge on any atom is 0.330 e. The molecule has 0 radical (unpaired) electrons. The highest BCUT2D eigenvalue weighted by Crippen LogP contribution is 2.33. The van der Waals surface area contributed by atoms with Gasteiger partial charge in [-0.3, -0.25) is 9.80 Å². The SMILES string of the molecule is CN1C(=O)N(c2ccccc2Br)Cc2cnc(N)nc21. The lowest BCUT2D eigenvalue weighted by molar-refractivity contribution is 0.251. The second kappa shape index (κ2) is 4.75. The number of hydrogen-bond donors (Lipinski definition) is 1. The van der Waals surface area contributed by atoms with Crippen LogP contribution in [0.15, 0.2) is 34.9 Å². The number of carbonyl (C=O) groups excluding carboxylic acids is 1. The number of nitrogens with zero attached hydrogens (tertiary/aromatic N) is 4. The third-order valence-corrected chi connectivity index (χ3v) is 3.84. The topological polar surface area (TPSA) is 75.4 Å². The summed E-state index contributed by atoms with van der Waals surface area (Å²) in [5.74, 6) is 0.726. The number of nitrogens with two attached hydrogens (primary N) is 1. The molecule has 1 aliphatic rings. The fourth-order valence-corrected chi connectivity index (χ4v) is 2.68. The van der Waals surface area contributed by atoms with Crippen LogP contribution in [-0.2, 0) is 6.54 Å². The van der Waals surface area contributed by atoms with Crippen molar-refractivity contribution in [3.63, 3.8) is 0 Å².